The van der Waals surface area contributed by atoms with Crippen molar-refractivity contribution in [2.45, 2.75) is 6.92 Å². The average Bonchev–Trinajstić information content (AvgIpc) is 2.33. The van der Waals surface area contributed by atoms with E-state index in [2.05, 4.69) is 42.2 Å². The molecule has 1 amide bonds. The predicted octanol–water partition coefficient (Wildman–Crippen LogP) is 2.40. The Morgan fingerprint density at radius 3 is 2.54 bits per heavy atom. The second kappa shape index (κ2) is 4.26. The fraction of sp³-hybridized carbons (Fsp3) is 0.286. The van der Waals surface area contributed by atoms with E-state index in [1.54, 1.807) is 6.92 Å². The number of hydrogen-bond acceptors (Lipinski definition) is 3. The van der Waals surface area contributed by atoms with E-state index < -0.39 is 5.91 Å². The van der Waals surface area contributed by atoms with Crippen LogP contribution in [0.4, 0.5) is 0 Å². The molecule has 1 aromatic rings. The number of hydrogen-bond donors (Lipinski definition) is 1. The van der Waals surface area contributed by atoms with Crippen LogP contribution in [0.25, 0.3) is 0 Å². The highest BCUT2D eigenvalue weighted by Gasteiger charge is 2.19. The number of hydroxylamine groups is 1. The molecule has 0 unspecified atom stereocenters. The van der Waals surface area contributed by atoms with Crippen molar-refractivity contribution in [1.29, 1.82) is 0 Å². The van der Waals surface area contributed by atoms with Gasteiger partial charge in [0.15, 0.2) is 10.4 Å². The summed E-state index contributed by atoms with van der Waals surface area (Å²) in [5.41, 5.74) is 2.89. The Kier molecular flexibility index (Phi) is 3.52. The van der Waals surface area contributed by atoms with Crippen molar-refractivity contribution in [3.63, 3.8) is 0 Å². The number of rotatable bonds is 2. The molecule has 1 rings (SSSR count). The molecule has 0 aromatic carbocycles. The molecule has 1 aromatic heterocycles. The summed E-state index contributed by atoms with van der Waals surface area (Å²) in [7, 11) is 1.36. The zero-order chi connectivity index (χ0) is 10.0. The minimum atomic E-state index is -0.411. The molecule has 0 saturated heterocycles. The van der Waals surface area contributed by atoms with Gasteiger partial charge in [0.2, 0.25) is 0 Å². The maximum absolute atomic E-state index is 11.3. The lowest BCUT2D eigenvalue weighted by molar-refractivity contribution is 0.0508. The summed E-state index contributed by atoms with van der Waals surface area (Å²) >= 11 is 6.41. The summed E-state index contributed by atoms with van der Waals surface area (Å²) in [6.45, 7) is 1.77. The van der Waals surface area contributed by atoms with Crippen molar-refractivity contribution in [3.8, 4) is 0 Å². The van der Waals surface area contributed by atoms with Crippen molar-refractivity contribution < 1.29 is 14.0 Å². The molecule has 72 valence electrons. The molecule has 6 heteroatoms. The van der Waals surface area contributed by atoms with Crippen molar-refractivity contribution in [1.82, 2.24) is 5.48 Å². The van der Waals surface area contributed by atoms with Crippen LogP contribution in [-0.4, -0.2) is 13.0 Å². The topological polar surface area (TPSA) is 51.5 Å². The van der Waals surface area contributed by atoms with E-state index in [0.29, 0.717) is 4.67 Å². The highest BCUT2D eigenvalue weighted by atomic mass is 79.9. The van der Waals surface area contributed by atoms with Crippen molar-refractivity contribution in [2.24, 2.45) is 0 Å². The lowest BCUT2D eigenvalue weighted by atomic mass is 10.3. The SMILES string of the molecule is CONC(=O)c1oc(Br)c(Br)c1C. The Labute approximate surface area is 91.8 Å². The quantitative estimate of drug-likeness (QED) is 0.853. The first-order valence-corrected chi connectivity index (χ1v) is 4.94. The highest BCUT2D eigenvalue weighted by molar-refractivity contribution is 9.13. The van der Waals surface area contributed by atoms with Gasteiger partial charge < -0.3 is 4.42 Å². The molecule has 1 heterocycles. The Hall–Kier alpha value is -0.330. The minimum Gasteiger partial charge on any atom is -0.443 e. The van der Waals surface area contributed by atoms with Crippen LogP contribution in [0, 0.1) is 6.92 Å². The number of nitrogens with one attached hydrogen (secondary N) is 1. The van der Waals surface area contributed by atoms with Gasteiger partial charge in [-0.2, -0.15) is 0 Å². The molecule has 0 radical (unpaired) electrons. The van der Waals surface area contributed by atoms with Crippen molar-refractivity contribution in [3.05, 3.63) is 20.5 Å². The van der Waals surface area contributed by atoms with Crippen LogP contribution in [0.2, 0.25) is 0 Å². The van der Waals surface area contributed by atoms with Gasteiger partial charge in [0.1, 0.15) is 0 Å². The summed E-state index contributed by atoms with van der Waals surface area (Å²) in [6, 6.07) is 0. The molecule has 0 saturated carbocycles. The van der Waals surface area contributed by atoms with Crippen LogP contribution in [0.1, 0.15) is 16.1 Å². The van der Waals surface area contributed by atoms with E-state index in [1.165, 1.54) is 7.11 Å². The van der Waals surface area contributed by atoms with E-state index in [1.807, 2.05) is 0 Å². The van der Waals surface area contributed by atoms with Gasteiger partial charge >= 0.3 is 5.91 Å². The molecule has 1 N–H and O–H groups in total. The lowest BCUT2D eigenvalue weighted by Crippen LogP contribution is -2.21. The maximum atomic E-state index is 11.3. The molecule has 0 fully saturated rings. The third-order valence-corrected chi connectivity index (χ3v) is 3.48. The van der Waals surface area contributed by atoms with Gasteiger partial charge in [0.05, 0.1) is 11.6 Å². The molecule has 13 heavy (non-hydrogen) atoms. The molecular weight excluding hydrogens is 306 g/mol. The zero-order valence-electron chi connectivity index (χ0n) is 6.98. The van der Waals surface area contributed by atoms with E-state index in [9.17, 15) is 4.79 Å². The second-order valence-electron chi connectivity index (χ2n) is 2.28. The summed E-state index contributed by atoms with van der Waals surface area (Å²) in [6.07, 6.45) is 0. The van der Waals surface area contributed by atoms with Crippen LogP contribution < -0.4 is 5.48 Å². The number of carbonyl (C=O) groups is 1. The molecule has 0 spiro atoms. The van der Waals surface area contributed by atoms with E-state index in [-0.39, 0.29) is 5.76 Å². The maximum Gasteiger partial charge on any atom is 0.310 e. The molecule has 0 atom stereocenters. The third-order valence-electron chi connectivity index (χ3n) is 1.44. The molecule has 0 bridgehead atoms. The highest BCUT2D eigenvalue weighted by Crippen LogP contribution is 2.31. The molecule has 0 aliphatic carbocycles. The van der Waals surface area contributed by atoms with Gasteiger partial charge in [-0.3, -0.25) is 9.63 Å². The molecule has 4 nitrogen and oxygen atoms in total. The standard InChI is InChI=1S/C7H7Br2NO3/c1-3-4(8)6(9)13-5(3)7(11)10-12-2/h1-2H3,(H,10,11). The zero-order valence-corrected chi connectivity index (χ0v) is 10.2. The number of furan rings is 1. The van der Waals surface area contributed by atoms with Gasteiger partial charge in [-0.05, 0) is 38.8 Å². The van der Waals surface area contributed by atoms with Gasteiger partial charge in [0.25, 0.3) is 0 Å². The van der Waals surface area contributed by atoms with Crippen molar-refractivity contribution >= 4 is 37.8 Å². The number of halogens is 2. The van der Waals surface area contributed by atoms with Gasteiger partial charge in [0, 0.05) is 5.56 Å². The van der Waals surface area contributed by atoms with Crippen LogP contribution >= 0.6 is 31.9 Å². The Morgan fingerprint density at radius 2 is 2.15 bits per heavy atom. The predicted molar refractivity (Wildman–Crippen MR) is 53.3 cm³/mol. The van der Waals surface area contributed by atoms with Crippen LogP contribution in [0.5, 0.6) is 0 Å². The normalized spacial score (nSPS) is 10.2. The Balaban J connectivity index is 3.01. The fourth-order valence-electron chi connectivity index (χ4n) is 0.814. The Morgan fingerprint density at radius 1 is 1.54 bits per heavy atom. The van der Waals surface area contributed by atoms with E-state index in [0.717, 1.165) is 10.0 Å². The first kappa shape index (κ1) is 10.7. The average molecular weight is 313 g/mol. The van der Waals surface area contributed by atoms with Gasteiger partial charge in [-0.1, -0.05) is 0 Å². The van der Waals surface area contributed by atoms with Crippen molar-refractivity contribution in [2.75, 3.05) is 7.11 Å². The summed E-state index contributed by atoms with van der Waals surface area (Å²) in [5.74, 6) is -0.188. The minimum absolute atomic E-state index is 0.223. The van der Waals surface area contributed by atoms with E-state index >= 15 is 0 Å². The largest absolute Gasteiger partial charge is 0.443 e. The lowest BCUT2D eigenvalue weighted by Gasteiger charge is -1.98. The fourth-order valence-corrected chi connectivity index (χ4v) is 1.53. The van der Waals surface area contributed by atoms with Gasteiger partial charge in [-0.15, -0.1) is 0 Å². The first-order chi connectivity index (χ1) is 6.07. The Bertz CT molecular complexity index is 335. The van der Waals surface area contributed by atoms with Crippen LogP contribution in [0.15, 0.2) is 13.6 Å². The number of carbonyl (C=O) groups excluding carboxylic acids is 1. The third kappa shape index (κ3) is 2.12. The molecule has 0 aliphatic heterocycles. The second-order valence-corrected chi connectivity index (χ2v) is 3.79. The van der Waals surface area contributed by atoms with Crippen LogP contribution in [0.3, 0.4) is 0 Å². The van der Waals surface area contributed by atoms with E-state index in [4.69, 9.17) is 4.42 Å². The number of amides is 1. The molecule has 0 aliphatic rings. The molecular formula is C7H7Br2NO3. The summed E-state index contributed by atoms with van der Waals surface area (Å²) in [5, 5.41) is 0. The van der Waals surface area contributed by atoms with Crippen LogP contribution in [-0.2, 0) is 4.84 Å². The monoisotopic (exact) mass is 311 g/mol. The summed E-state index contributed by atoms with van der Waals surface area (Å²) in [4.78, 5) is 15.7. The van der Waals surface area contributed by atoms with Gasteiger partial charge in [-0.25, -0.2) is 5.48 Å². The smallest absolute Gasteiger partial charge is 0.310 e. The summed E-state index contributed by atoms with van der Waals surface area (Å²) < 4.78 is 6.36. The first-order valence-electron chi connectivity index (χ1n) is 3.35.